The predicted octanol–water partition coefficient (Wildman–Crippen LogP) is 2.39. The van der Waals surface area contributed by atoms with E-state index in [4.69, 9.17) is 10.7 Å². The third-order valence-corrected chi connectivity index (χ3v) is 5.86. The molecule has 6 heteroatoms. The van der Waals surface area contributed by atoms with Crippen LogP contribution in [0, 0.1) is 0 Å². The van der Waals surface area contributed by atoms with E-state index in [1.807, 2.05) is 12.3 Å². The Morgan fingerprint density at radius 2 is 2.11 bits per heavy atom. The number of hydrogen-bond acceptors (Lipinski definition) is 5. The van der Waals surface area contributed by atoms with Gasteiger partial charge in [0.15, 0.2) is 0 Å². The molecule has 0 aromatic carbocycles. The minimum atomic E-state index is 0.285. The topological polar surface area (TPSA) is 62.7 Å². The van der Waals surface area contributed by atoms with E-state index in [9.17, 15) is 0 Å². The van der Waals surface area contributed by atoms with Crippen LogP contribution < -0.4 is 10.6 Å². The van der Waals surface area contributed by atoms with Gasteiger partial charge in [-0.15, -0.1) is 0 Å². The fraction of sp³-hybridized carbons (Fsp3) is 0.429. The van der Waals surface area contributed by atoms with Crippen LogP contribution in [0.1, 0.15) is 35.8 Å². The van der Waals surface area contributed by atoms with Crippen LogP contribution in [0.15, 0.2) is 42.7 Å². The van der Waals surface area contributed by atoms with Gasteiger partial charge in [0.05, 0.1) is 17.4 Å². The molecule has 0 spiro atoms. The van der Waals surface area contributed by atoms with E-state index >= 15 is 0 Å². The predicted molar refractivity (Wildman–Crippen MR) is 107 cm³/mol. The van der Waals surface area contributed by atoms with Crippen molar-refractivity contribution in [2.24, 2.45) is 5.73 Å². The van der Waals surface area contributed by atoms with E-state index < -0.39 is 0 Å². The summed E-state index contributed by atoms with van der Waals surface area (Å²) in [6, 6.07) is 11.2. The zero-order chi connectivity index (χ0) is 18.4. The number of imidazole rings is 1. The number of fused-ring (bicyclic) bond motifs is 2. The van der Waals surface area contributed by atoms with Crippen molar-refractivity contribution in [2.75, 3.05) is 25.0 Å². The van der Waals surface area contributed by atoms with Gasteiger partial charge in [0.25, 0.3) is 0 Å². The summed E-state index contributed by atoms with van der Waals surface area (Å²) in [5.74, 6) is 1.18. The lowest BCUT2D eigenvalue weighted by Crippen LogP contribution is -2.56. The van der Waals surface area contributed by atoms with Gasteiger partial charge in [0.1, 0.15) is 11.5 Å². The summed E-state index contributed by atoms with van der Waals surface area (Å²) in [5, 5.41) is 0. The Bertz CT molecular complexity index is 958. The standard InChI is InChI=1S/C21H26N6/c1-25(18-7-2-5-15-6-4-10-23-21(15)18)13-17-14-27-19(24-17)8-3-9-20(27)26-11-16(22)12-26/h3-4,6,8-10,14,16,18H,2,5,7,11-13,22H2,1H3. The van der Waals surface area contributed by atoms with Gasteiger partial charge < -0.3 is 10.6 Å². The Hall–Kier alpha value is -2.44. The van der Waals surface area contributed by atoms with E-state index in [0.29, 0.717) is 6.04 Å². The molecule has 140 valence electrons. The van der Waals surface area contributed by atoms with Crippen molar-refractivity contribution in [3.63, 3.8) is 0 Å². The van der Waals surface area contributed by atoms with Gasteiger partial charge in [0, 0.05) is 38.1 Å². The summed E-state index contributed by atoms with van der Waals surface area (Å²) < 4.78 is 2.20. The molecule has 1 aliphatic heterocycles. The molecule has 27 heavy (non-hydrogen) atoms. The average molecular weight is 362 g/mol. The lowest BCUT2D eigenvalue weighted by atomic mass is 9.91. The third kappa shape index (κ3) is 2.99. The number of nitrogens with zero attached hydrogens (tertiary/aromatic N) is 5. The number of anilines is 1. The van der Waals surface area contributed by atoms with Crippen molar-refractivity contribution in [2.45, 2.75) is 37.9 Å². The minimum absolute atomic E-state index is 0.285. The van der Waals surface area contributed by atoms with E-state index in [1.54, 1.807) is 0 Å². The third-order valence-electron chi connectivity index (χ3n) is 5.86. The summed E-state index contributed by atoms with van der Waals surface area (Å²) in [4.78, 5) is 14.3. The molecule has 0 amide bonds. The summed E-state index contributed by atoms with van der Waals surface area (Å²) in [5.41, 5.74) is 10.7. The number of hydrogen-bond donors (Lipinski definition) is 1. The van der Waals surface area contributed by atoms with Crippen LogP contribution in [0.2, 0.25) is 0 Å². The van der Waals surface area contributed by atoms with Crippen LogP contribution in [-0.4, -0.2) is 45.4 Å². The lowest BCUT2D eigenvalue weighted by molar-refractivity contribution is 0.206. The van der Waals surface area contributed by atoms with Gasteiger partial charge in [-0.1, -0.05) is 12.1 Å². The Labute approximate surface area is 159 Å². The first-order valence-corrected chi connectivity index (χ1v) is 9.80. The van der Waals surface area contributed by atoms with Gasteiger partial charge in [-0.05, 0) is 50.1 Å². The molecule has 1 fully saturated rings. The molecule has 3 aromatic rings. The molecule has 2 N–H and O–H groups in total. The normalized spacial score (nSPS) is 20.1. The molecule has 0 bridgehead atoms. The second-order valence-electron chi connectivity index (χ2n) is 7.88. The first-order valence-electron chi connectivity index (χ1n) is 9.80. The molecule has 2 aliphatic rings. The maximum atomic E-state index is 5.96. The Kier molecular flexibility index (Phi) is 4.10. The summed E-state index contributed by atoms with van der Waals surface area (Å²) in [7, 11) is 2.19. The van der Waals surface area contributed by atoms with E-state index in [2.05, 4.69) is 56.7 Å². The van der Waals surface area contributed by atoms with Crippen LogP contribution in [-0.2, 0) is 13.0 Å². The quantitative estimate of drug-likeness (QED) is 0.772. The van der Waals surface area contributed by atoms with E-state index in [0.717, 1.165) is 43.8 Å². The largest absolute Gasteiger partial charge is 0.354 e. The molecule has 4 heterocycles. The van der Waals surface area contributed by atoms with Gasteiger partial charge in [-0.25, -0.2) is 4.98 Å². The van der Waals surface area contributed by atoms with E-state index in [-0.39, 0.29) is 6.04 Å². The highest BCUT2D eigenvalue weighted by atomic mass is 15.3. The average Bonchev–Trinajstić information content (AvgIpc) is 3.07. The molecule has 1 aliphatic carbocycles. The van der Waals surface area contributed by atoms with Crippen molar-refractivity contribution in [1.82, 2.24) is 19.3 Å². The highest BCUT2D eigenvalue weighted by molar-refractivity contribution is 5.54. The van der Waals surface area contributed by atoms with Crippen LogP contribution in [0.5, 0.6) is 0 Å². The molecule has 0 radical (unpaired) electrons. The molecule has 1 atom stereocenters. The number of aromatic nitrogens is 3. The van der Waals surface area contributed by atoms with Crippen LogP contribution in [0.4, 0.5) is 5.82 Å². The van der Waals surface area contributed by atoms with E-state index in [1.165, 1.54) is 23.5 Å². The summed E-state index contributed by atoms with van der Waals surface area (Å²) >= 11 is 0. The lowest BCUT2D eigenvalue weighted by Gasteiger charge is -2.38. The van der Waals surface area contributed by atoms with Crippen LogP contribution >= 0.6 is 0 Å². The summed E-state index contributed by atoms with van der Waals surface area (Å²) in [6.45, 7) is 2.65. The fourth-order valence-electron chi connectivity index (χ4n) is 4.46. The maximum Gasteiger partial charge on any atom is 0.138 e. The number of rotatable bonds is 4. The van der Waals surface area contributed by atoms with Crippen molar-refractivity contribution in [1.29, 1.82) is 0 Å². The Morgan fingerprint density at radius 3 is 2.96 bits per heavy atom. The Balaban J connectivity index is 1.40. The van der Waals surface area contributed by atoms with Crippen LogP contribution in [0.25, 0.3) is 5.65 Å². The molecule has 6 nitrogen and oxygen atoms in total. The molecule has 1 saturated heterocycles. The van der Waals surface area contributed by atoms with Gasteiger partial charge in [-0.3, -0.25) is 14.3 Å². The van der Waals surface area contributed by atoms with Crippen molar-refractivity contribution < 1.29 is 0 Å². The maximum absolute atomic E-state index is 5.96. The number of nitrogens with two attached hydrogens (primary N) is 1. The zero-order valence-corrected chi connectivity index (χ0v) is 15.8. The minimum Gasteiger partial charge on any atom is -0.354 e. The molecule has 1 unspecified atom stereocenters. The second kappa shape index (κ2) is 6.62. The molecule has 3 aromatic heterocycles. The zero-order valence-electron chi connectivity index (χ0n) is 15.8. The highest BCUT2D eigenvalue weighted by Crippen LogP contribution is 2.32. The highest BCUT2D eigenvalue weighted by Gasteiger charge is 2.27. The number of aryl methyl sites for hydroxylation is 1. The smallest absolute Gasteiger partial charge is 0.138 e. The first-order chi connectivity index (χ1) is 13.2. The number of pyridine rings is 2. The monoisotopic (exact) mass is 362 g/mol. The molecule has 0 saturated carbocycles. The van der Waals surface area contributed by atoms with Gasteiger partial charge in [0.2, 0.25) is 0 Å². The van der Waals surface area contributed by atoms with Crippen molar-refractivity contribution in [3.8, 4) is 0 Å². The second-order valence-corrected chi connectivity index (χ2v) is 7.88. The van der Waals surface area contributed by atoms with Gasteiger partial charge in [-0.2, -0.15) is 0 Å². The van der Waals surface area contributed by atoms with Gasteiger partial charge >= 0.3 is 0 Å². The van der Waals surface area contributed by atoms with Crippen molar-refractivity contribution in [3.05, 3.63) is 59.7 Å². The van der Waals surface area contributed by atoms with Crippen molar-refractivity contribution >= 4 is 11.5 Å². The Morgan fingerprint density at radius 1 is 1.22 bits per heavy atom. The molecular formula is C21H26N6. The first kappa shape index (κ1) is 16.7. The molecular weight excluding hydrogens is 336 g/mol. The molecule has 5 rings (SSSR count). The summed E-state index contributed by atoms with van der Waals surface area (Å²) in [6.07, 6.45) is 7.61. The fourth-order valence-corrected chi connectivity index (χ4v) is 4.46. The SMILES string of the molecule is CN(Cc1cn2c(N3CC(N)C3)cccc2n1)C1CCCc2cccnc21. The van der Waals surface area contributed by atoms with Crippen LogP contribution in [0.3, 0.4) is 0 Å².